The first-order valence-electron chi connectivity index (χ1n) is 5.60. The van der Waals surface area contributed by atoms with E-state index < -0.39 is 17.7 Å². The molecule has 0 aliphatic heterocycles. The van der Waals surface area contributed by atoms with Gasteiger partial charge in [-0.1, -0.05) is 6.07 Å². The molecule has 18 heavy (non-hydrogen) atoms. The summed E-state index contributed by atoms with van der Waals surface area (Å²) in [5, 5.41) is 9.98. The minimum atomic E-state index is -0.895. The van der Waals surface area contributed by atoms with Gasteiger partial charge in [0.05, 0.1) is 6.10 Å². The van der Waals surface area contributed by atoms with E-state index in [1.165, 1.54) is 6.20 Å². The molecule has 2 nitrogen and oxygen atoms in total. The van der Waals surface area contributed by atoms with Gasteiger partial charge in [0.15, 0.2) is 0 Å². The number of rotatable bonds is 3. The minimum Gasteiger partial charge on any atom is -0.388 e. The Hall–Kier alpha value is -1.81. The number of nitrogens with zero attached hydrogens (tertiary/aromatic N) is 1. The third kappa shape index (κ3) is 2.90. The monoisotopic (exact) mass is 249 g/mol. The molecule has 1 heterocycles. The average Bonchev–Trinajstić information content (AvgIpc) is 2.34. The lowest BCUT2D eigenvalue weighted by atomic mass is 10.0. The Morgan fingerprint density at radius 2 is 2.00 bits per heavy atom. The number of aliphatic hydroxyl groups excluding tert-OH is 1. The fourth-order valence-electron chi connectivity index (χ4n) is 1.79. The Balaban J connectivity index is 2.21. The second-order valence-electron chi connectivity index (χ2n) is 4.25. The van der Waals surface area contributed by atoms with Gasteiger partial charge in [0, 0.05) is 18.8 Å². The molecule has 0 spiro atoms. The predicted molar refractivity (Wildman–Crippen MR) is 64.0 cm³/mol. The lowest BCUT2D eigenvalue weighted by molar-refractivity contribution is 0.176. The molecule has 1 N–H and O–H groups in total. The van der Waals surface area contributed by atoms with Gasteiger partial charge >= 0.3 is 0 Å². The van der Waals surface area contributed by atoms with Crippen molar-refractivity contribution >= 4 is 0 Å². The Morgan fingerprint density at radius 1 is 1.22 bits per heavy atom. The lowest BCUT2D eigenvalue weighted by Gasteiger charge is -2.12. The number of aromatic nitrogens is 1. The maximum Gasteiger partial charge on any atom is 0.126 e. The van der Waals surface area contributed by atoms with Crippen LogP contribution in [-0.2, 0) is 6.42 Å². The summed E-state index contributed by atoms with van der Waals surface area (Å²) in [6, 6.07) is 4.99. The topological polar surface area (TPSA) is 33.1 Å². The third-order valence-corrected chi connectivity index (χ3v) is 2.70. The normalized spacial score (nSPS) is 12.4. The molecule has 1 atom stereocenters. The van der Waals surface area contributed by atoms with Gasteiger partial charge < -0.3 is 5.11 Å². The Kier molecular flexibility index (Phi) is 3.67. The van der Waals surface area contributed by atoms with E-state index in [9.17, 15) is 13.9 Å². The standard InChI is InChI=1S/C14H13F2NO/c1-9-4-11(8-17-7-9)14(18)6-10-5-12(15)2-3-13(10)16/h2-5,7-8,14,18H,6H2,1H3. The smallest absolute Gasteiger partial charge is 0.126 e. The maximum atomic E-state index is 13.4. The number of pyridine rings is 1. The van der Waals surface area contributed by atoms with Crippen LogP contribution in [0.4, 0.5) is 8.78 Å². The van der Waals surface area contributed by atoms with Crippen molar-refractivity contribution in [3.63, 3.8) is 0 Å². The van der Waals surface area contributed by atoms with Crippen molar-refractivity contribution in [1.29, 1.82) is 0 Å². The number of halogens is 2. The van der Waals surface area contributed by atoms with Crippen molar-refractivity contribution in [2.75, 3.05) is 0 Å². The molecular formula is C14H13F2NO. The molecule has 0 bridgehead atoms. The molecule has 0 aliphatic rings. The molecule has 0 fully saturated rings. The highest BCUT2D eigenvalue weighted by Crippen LogP contribution is 2.20. The number of aryl methyl sites for hydroxylation is 1. The van der Waals surface area contributed by atoms with Crippen molar-refractivity contribution in [3.8, 4) is 0 Å². The van der Waals surface area contributed by atoms with Crippen LogP contribution in [0.25, 0.3) is 0 Å². The molecule has 0 saturated carbocycles. The van der Waals surface area contributed by atoms with Crippen LogP contribution in [0.2, 0.25) is 0 Å². The second-order valence-corrected chi connectivity index (χ2v) is 4.25. The number of hydrogen-bond acceptors (Lipinski definition) is 2. The van der Waals surface area contributed by atoms with Crippen LogP contribution >= 0.6 is 0 Å². The number of hydrogen-bond donors (Lipinski definition) is 1. The zero-order valence-corrected chi connectivity index (χ0v) is 9.90. The zero-order valence-electron chi connectivity index (χ0n) is 9.90. The third-order valence-electron chi connectivity index (χ3n) is 2.70. The van der Waals surface area contributed by atoms with Gasteiger partial charge in [-0.2, -0.15) is 0 Å². The van der Waals surface area contributed by atoms with Crippen LogP contribution in [0.15, 0.2) is 36.7 Å². The van der Waals surface area contributed by atoms with Gasteiger partial charge in [0.2, 0.25) is 0 Å². The van der Waals surface area contributed by atoms with E-state index in [-0.39, 0.29) is 12.0 Å². The van der Waals surface area contributed by atoms with Crippen molar-refractivity contribution in [2.45, 2.75) is 19.4 Å². The molecule has 0 radical (unpaired) electrons. The van der Waals surface area contributed by atoms with Crippen molar-refractivity contribution < 1.29 is 13.9 Å². The van der Waals surface area contributed by atoms with E-state index in [1.807, 2.05) is 6.92 Å². The van der Waals surface area contributed by atoms with Crippen LogP contribution < -0.4 is 0 Å². The molecule has 1 aromatic heterocycles. The highest BCUT2D eigenvalue weighted by Gasteiger charge is 2.13. The zero-order chi connectivity index (χ0) is 13.1. The maximum absolute atomic E-state index is 13.4. The first-order valence-corrected chi connectivity index (χ1v) is 5.60. The fourth-order valence-corrected chi connectivity index (χ4v) is 1.79. The van der Waals surface area contributed by atoms with E-state index >= 15 is 0 Å². The molecule has 1 unspecified atom stereocenters. The molecule has 2 rings (SSSR count). The van der Waals surface area contributed by atoms with Crippen LogP contribution in [0.1, 0.15) is 22.8 Å². The number of aliphatic hydroxyl groups is 1. The molecule has 0 aliphatic carbocycles. The van der Waals surface area contributed by atoms with Crippen LogP contribution in [0.5, 0.6) is 0 Å². The Labute approximate surface area is 104 Å². The van der Waals surface area contributed by atoms with E-state index in [0.717, 1.165) is 23.8 Å². The summed E-state index contributed by atoms with van der Waals surface area (Å²) in [5.74, 6) is -1.03. The van der Waals surface area contributed by atoms with Crippen molar-refractivity contribution in [3.05, 3.63) is 65.0 Å². The van der Waals surface area contributed by atoms with Gasteiger partial charge in [-0.25, -0.2) is 8.78 Å². The summed E-state index contributed by atoms with van der Waals surface area (Å²) in [6.45, 7) is 1.85. The van der Waals surface area contributed by atoms with E-state index in [4.69, 9.17) is 0 Å². The van der Waals surface area contributed by atoms with Gasteiger partial charge in [0.25, 0.3) is 0 Å². The summed E-state index contributed by atoms with van der Waals surface area (Å²) < 4.78 is 26.4. The highest BCUT2D eigenvalue weighted by atomic mass is 19.1. The van der Waals surface area contributed by atoms with Crippen LogP contribution in [0.3, 0.4) is 0 Å². The first kappa shape index (κ1) is 12.6. The highest BCUT2D eigenvalue weighted by molar-refractivity contribution is 5.24. The summed E-state index contributed by atoms with van der Waals surface area (Å²) in [6.07, 6.45) is 2.32. The van der Waals surface area contributed by atoms with E-state index in [1.54, 1.807) is 12.3 Å². The predicted octanol–water partition coefficient (Wildman–Crippen LogP) is 2.94. The van der Waals surface area contributed by atoms with Gasteiger partial charge in [-0.05, 0) is 41.8 Å². The Bertz CT molecular complexity index is 557. The quantitative estimate of drug-likeness (QED) is 0.907. The molecule has 2 aromatic rings. The summed E-state index contributed by atoms with van der Waals surface area (Å²) in [5.41, 5.74) is 1.66. The van der Waals surface area contributed by atoms with E-state index in [0.29, 0.717) is 5.56 Å². The van der Waals surface area contributed by atoms with Crippen molar-refractivity contribution in [1.82, 2.24) is 4.98 Å². The SMILES string of the molecule is Cc1cncc(C(O)Cc2cc(F)ccc2F)c1. The second kappa shape index (κ2) is 5.23. The lowest BCUT2D eigenvalue weighted by Crippen LogP contribution is -2.04. The van der Waals surface area contributed by atoms with Crippen molar-refractivity contribution in [2.24, 2.45) is 0 Å². The first-order chi connectivity index (χ1) is 8.56. The number of benzene rings is 1. The molecular weight excluding hydrogens is 236 g/mol. The van der Waals surface area contributed by atoms with Crippen LogP contribution in [-0.4, -0.2) is 10.1 Å². The van der Waals surface area contributed by atoms with Gasteiger partial charge in [-0.15, -0.1) is 0 Å². The summed E-state index contributed by atoms with van der Waals surface area (Å²) in [4.78, 5) is 3.96. The van der Waals surface area contributed by atoms with E-state index in [2.05, 4.69) is 4.98 Å². The largest absolute Gasteiger partial charge is 0.388 e. The molecule has 94 valence electrons. The summed E-state index contributed by atoms with van der Waals surface area (Å²) in [7, 11) is 0. The molecule has 0 amide bonds. The molecule has 4 heteroatoms. The van der Waals surface area contributed by atoms with Crippen LogP contribution in [0, 0.1) is 18.6 Å². The van der Waals surface area contributed by atoms with Gasteiger partial charge in [-0.3, -0.25) is 4.98 Å². The minimum absolute atomic E-state index is 0.0225. The molecule has 0 saturated heterocycles. The summed E-state index contributed by atoms with van der Waals surface area (Å²) >= 11 is 0. The average molecular weight is 249 g/mol. The van der Waals surface area contributed by atoms with Gasteiger partial charge in [0.1, 0.15) is 11.6 Å². The fraction of sp³-hybridized carbons (Fsp3) is 0.214. The molecule has 1 aromatic carbocycles. The Morgan fingerprint density at radius 3 is 2.72 bits per heavy atom.